The molecule has 0 radical (unpaired) electrons. The highest BCUT2D eigenvalue weighted by Crippen LogP contribution is 2.23. The van der Waals surface area contributed by atoms with Gasteiger partial charge in [-0.3, -0.25) is 0 Å². The maximum absolute atomic E-state index is 13.6. The van der Waals surface area contributed by atoms with Gasteiger partial charge in [-0.05, 0) is 49.5 Å². The molecule has 0 unspecified atom stereocenters. The van der Waals surface area contributed by atoms with Gasteiger partial charge in [0.1, 0.15) is 17.3 Å². The van der Waals surface area contributed by atoms with Gasteiger partial charge in [-0.2, -0.15) is 4.31 Å². The van der Waals surface area contributed by atoms with Crippen molar-refractivity contribution in [2.45, 2.75) is 24.7 Å². The van der Waals surface area contributed by atoms with Crippen LogP contribution >= 0.6 is 0 Å². The maximum Gasteiger partial charge on any atom is 0.262 e. The third kappa shape index (κ3) is 5.67. The lowest BCUT2D eigenvalue weighted by atomic mass is 10.2. The van der Waals surface area contributed by atoms with E-state index in [1.165, 1.54) is 4.31 Å². The molecule has 0 aliphatic heterocycles. The summed E-state index contributed by atoms with van der Waals surface area (Å²) in [6.45, 7) is 0.957. The van der Waals surface area contributed by atoms with Crippen molar-refractivity contribution in [3.8, 4) is 11.5 Å². The van der Waals surface area contributed by atoms with Crippen molar-refractivity contribution in [2.24, 2.45) is 7.05 Å². The fraction of sp³-hybridized carbons (Fsp3) is 0.348. The van der Waals surface area contributed by atoms with E-state index >= 15 is 0 Å². The summed E-state index contributed by atoms with van der Waals surface area (Å²) < 4.78 is 40.9. The Morgan fingerprint density at radius 3 is 1.72 bits per heavy atom. The fourth-order valence-corrected chi connectivity index (χ4v) is 4.67. The molecule has 0 amide bonds. The van der Waals surface area contributed by atoms with Crippen LogP contribution in [-0.2, 0) is 36.7 Å². The Labute approximate surface area is 190 Å². The molecule has 1 aromatic heterocycles. The molecule has 2 aromatic carbocycles. The van der Waals surface area contributed by atoms with Crippen LogP contribution in [0.25, 0.3) is 0 Å². The molecule has 0 atom stereocenters. The summed E-state index contributed by atoms with van der Waals surface area (Å²) in [5.41, 5.74) is 1.71. The predicted molar refractivity (Wildman–Crippen MR) is 123 cm³/mol. The average molecular weight is 459 g/mol. The van der Waals surface area contributed by atoms with E-state index in [0.29, 0.717) is 12.4 Å². The fourth-order valence-electron chi connectivity index (χ4n) is 3.26. The number of nitrogens with zero attached hydrogens (tertiary/aromatic N) is 4. The second-order valence-corrected chi connectivity index (χ2v) is 9.70. The van der Waals surface area contributed by atoms with E-state index in [1.54, 1.807) is 25.0 Å². The zero-order chi connectivity index (χ0) is 23.3. The Bertz CT molecular complexity index is 1070. The van der Waals surface area contributed by atoms with E-state index in [0.717, 1.165) is 22.6 Å². The zero-order valence-corrected chi connectivity index (χ0v) is 20.0. The molecule has 0 aliphatic carbocycles. The van der Waals surface area contributed by atoms with Gasteiger partial charge in [-0.25, -0.2) is 13.4 Å². The van der Waals surface area contributed by atoms with Crippen LogP contribution in [0.1, 0.15) is 17.0 Å². The van der Waals surface area contributed by atoms with Crippen molar-refractivity contribution in [2.75, 3.05) is 28.3 Å². The van der Waals surface area contributed by atoms with Crippen LogP contribution in [0, 0.1) is 0 Å². The highest BCUT2D eigenvalue weighted by atomic mass is 32.2. The van der Waals surface area contributed by atoms with Crippen LogP contribution in [0.4, 0.5) is 0 Å². The normalized spacial score (nSPS) is 11.8. The van der Waals surface area contributed by atoms with Crippen molar-refractivity contribution < 1.29 is 17.9 Å². The maximum atomic E-state index is 13.6. The summed E-state index contributed by atoms with van der Waals surface area (Å²) in [4.78, 5) is 6.38. The Morgan fingerprint density at radius 1 is 0.844 bits per heavy atom. The summed E-state index contributed by atoms with van der Waals surface area (Å²) in [5, 5.41) is 0.0406. The van der Waals surface area contributed by atoms with Gasteiger partial charge in [0, 0.05) is 26.3 Å². The molecule has 8 nitrogen and oxygen atoms in total. The van der Waals surface area contributed by atoms with Gasteiger partial charge < -0.3 is 18.9 Å². The first kappa shape index (κ1) is 23.8. The average Bonchev–Trinajstić information content (AvgIpc) is 3.14. The van der Waals surface area contributed by atoms with Gasteiger partial charge in [-0.1, -0.05) is 24.3 Å². The number of aryl methyl sites for hydroxylation is 1. The number of rotatable bonds is 10. The van der Waals surface area contributed by atoms with E-state index < -0.39 is 10.0 Å². The number of methoxy groups -OCH3 is 2. The lowest BCUT2D eigenvalue weighted by Crippen LogP contribution is -2.30. The van der Waals surface area contributed by atoms with Crippen LogP contribution in [0.5, 0.6) is 11.5 Å². The minimum absolute atomic E-state index is 0.0406. The molecule has 1 heterocycles. The lowest BCUT2D eigenvalue weighted by molar-refractivity contribution is 0.383. The molecule has 0 saturated heterocycles. The molecule has 32 heavy (non-hydrogen) atoms. The predicted octanol–water partition coefficient (Wildman–Crippen LogP) is 2.89. The Hall–Kier alpha value is -2.88. The molecule has 3 aromatic rings. The van der Waals surface area contributed by atoms with Crippen molar-refractivity contribution in [1.82, 2.24) is 18.8 Å². The highest BCUT2D eigenvalue weighted by Gasteiger charge is 2.28. The number of sulfonamides is 1. The first-order chi connectivity index (χ1) is 15.2. The number of ether oxygens (including phenoxy) is 2. The second-order valence-electron chi connectivity index (χ2n) is 7.81. The van der Waals surface area contributed by atoms with Crippen LogP contribution in [0.3, 0.4) is 0 Å². The molecule has 0 aliphatic rings. The monoisotopic (exact) mass is 458 g/mol. The number of benzene rings is 2. The van der Waals surface area contributed by atoms with Gasteiger partial charge in [-0.15, -0.1) is 0 Å². The molecule has 0 fully saturated rings. The Morgan fingerprint density at radius 2 is 1.31 bits per heavy atom. The third-order valence-electron chi connectivity index (χ3n) is 5.05. The molecular weight excluding hydrogens is 428 g/mol. The number of imidazole rings is 1. The molecule has 0 spiro atoms. The van der Waals surface area contributed by atoms with Crippen LogP contribution < -0.4 is 9.47 Å². The van der Waals surface area contributed by atoms with Gasteiger partial charge in [0.15, 0.2) is 5.03 Å². The zero-order valence-electron chi connectivity index (χ0n) is 19.1. The van der Waals surface area contributed by atoms with Crippen molar-refractivity contribution in [1.29, 1.82) is 0 Å². The topological polar surface area (TPSA) is 76.9 Å². The number of hydrogen-bond acceptors (Lipinski definition) is 6. The van der Waals surface area contributed by atoms with Crippen molar-refractivity contribution >= 4 is 10.0 Å². The summed E-state index contributed by atoms with van der Waals surface area (Å²) >= 11 is 0. The van der Waals surface area contributed by atoms with Crippen LogP contribution in [0.2, 0.25) is 0 Å². The van der Waals surface area contributed by atoms with E-state index in [1.807, 2.05) is 74.6 Å². The quantitative estimate of drug-likeness (QED) is 0.465. The largest absolute Gasteiger partial charge is 0.497 e. The number of hydrogen-bond donors (Lipinski definition) is 0. The molecule has 0 saturated carbocycles. The van der Waals surface area contributed by atoms with E-state index in [-0.39, 0.29) is 18.1 Å². The Kier molecular flexibility index (Phi) is 7.55. The first-order valence-electron chi connectivity index (χ1n) is 10.2. The van der Waals surface area contributed by atoms with E-state index in [2.05, 4.69) is 4.98 Å². The van der Waals surface area contributed by atoms with Gasteiger partial charge in [0.25, 0.3) is 10.0 Å². The summed E-state index contributed by atoms with van der Waals surface area (Å²) in [7, 11) is 5.00. The Balaban J connectivity index is 1.95. The molecule has 0 bridgehead atoms. The smallest absolute Gasteiger partial charge is 0.262 e. The SMILES string of the molecule is COc1ccc(CN(Cc2ccc(OC)cc2)S(=O)(=O)c2cn(C)c(CN(C)C)n2)cc1. The van der Waals surface area contributed by atoms with E-state index in [4.69, 9.17) is 9.47 Å². The summed E-state index contributed by atoms with van der Waals surface area (Å²) in [6, 6.07) is 14.8. The summed E-state index contributed by atoms with van der Waals surface area (Å²) in [6.07, 6.45) is 1.57. The van der Waals surface area contributed by atoms with Gasteiger partial charge in [0.05, 0.1) is 20.8 Å². The highest BCUT2D eigenvalue weighted by molar-refractivity contribution is 7.89. The molecule has 172 valence electrons. The van der Waals surface area contributed by atoms with Crippen LogP contribution in [0.15, 0.2) is 59.8 Å². The third-order valence-corrected chi connectivity index (χ3v) is 6.71. The minimum atomic E-state index is -3.85. The van der Waals surface area contributed by atoms with Crippen molar-refractivity contribution in [3.05, 3.63) is 71.7 Å². The number of aromatic nitrogens is 2. The van der Waals surface area contributed by atoms with Crippen LogP contribution in [-0.4, -0.2) is 55.5 Å². The van der Waals surface area contributed by atoms with Crippen molar-refractivity contribution in [3.63, 3.8) is 0 Å². The lowest BCUT2D eigenvalue weighted by Gasteiger charge is -2.21. The first-order valence-corrected chi connectivity index (χ1v) is 11.6. The van der Waals surface area contributed by atoms with Gasteiger partial charge in [0.2, 0.25) is 0 Å². The minimum Gasteiger partial charge on any atom is -0.497 e. The van der Waals surface area contributed by atoms with Gasteiger partial charge >= 0.3 is 0 Å². The molecule has 0 N–H and O–H groups in total. The second kappa shape index (κ2) is 10.2. The standard InChI is InChI=1S/C23H30N4O4S/c1-25(2)16-22-24-23(17-26(22)3)32(28,29)27(14-18-6-10-20(30-4)11-7-18)15-19-8-12-21(31-5)13-9-19/h6-13,17H,14-16H2,1-5H3. The molecular formula is C23H30N4O4S. The molecule has 3 rings (SSSR count). The van der Waals surface area contributed by atoms with E-state index in [9.17, 15) is 8.42 Å². The molecule has 9 heteroatoms. The summed E-state index contributed by atoms with van der Waals surface area (Å²) in [5.74, 6) is 2.12.